The maximum Gasteiger partial charge on any atom is 0.126 e. The average molecular weight is 235 g/mol. The molecule has 1 nitrogen and oxygen atoms in total. The third-order valence-electron chi connectivity index (χ3n) is 3.89. The Morgan fingerprint density at radius 2 is 2.00 bits per heavy atom. The lowest BCUT2D eigenvalue weighted by atomic mass is 9.84. The molecule has 0 bridgehead atoms. The third-order valence-corrected chi connectivity index (χ3v) is 3.89. The van der Waals surface area contributed by atoms with E-state index in [-0.39, 0.29) is 5.82 Å². The van der Waals surface area contributed by atoms with Crippen LogP contribution < -0.4 is 5.32 Å². The molecule has 1 atom stereocenters. The number of hydrogen-bond acceptors (Lipinski definition) is 1. The van der Waals surface area contributed by atoms with Gasteiger partial charge in [-0.3, -0.25) is 0 Å². The summed E-state index contributed by atoms with van der Waals surface area (Å²) >= 11 is 0. The molecule has 0 radical (unpaired) electrons. The molecule has 0 spiro atoms. The lowest BCUT2D eigenvalue weighted by molar-refractivity contribution is 0.401. The zero-order valence-corrected chi connectivity index (χ0v) is 10.6. The summed E-state index contributed by atoms with van der Waals surface area (Å²) in [5.41, 5.74) is 0.903. The van der Waals surface area contributed by atoms with Gasteiger partial charge in [-0.15, -0.1) is 0 Å². The summed E-state index contributed by atoms with van der Waals surface area (Å²) in [5.74, 6) is 0.965. The van der Waals surface area contributed by atoms with Crippen LogP contribution in [-0.4, -0.2) is 13.1 Å². The van der Waals surface area contributed by atoms with Gasteiger partial charge in [-0.2, -0.15) is 0 Å². The molecular formula is C15H22FN. The fourth-order valence-corrected chi connectivity index (χ4v) is 2.97. The number of likely N-dealkylation sites (N-methyl/N-ethyl adjacent to an activating group) is 1. The van der Waals surface area contributed by atoms with Gasteiger partial charge in [-0.1, -0.05) is 38.0 Å². The summed E-state index contributed by atoms with van der Waals surface area (Å²) < 4.78 is 13.9. The van der Waals surface area contributed by atoms with Gasteiger partial charge in [0.2, 0.25) is 0 Å². The number of nitrogens with one attached hydrogen (secondary N) is 1. The first-order chi connectivity index (χ1) is 8.33. The second-order valence-electron chi connectivity index (χ2n) is 4.98. The molecule has 1 aromatic carbocycles. The fourth-order valence-electron chi connectivity index (χ4n) is 2.97. The highest BCUT2D eigenvalue weighted by Gasteiger charge is 2.27. The maximum absolute atomic E-state index is 13.9. The van der Waals surface area contributed by atoms with E-state index in [0.717, 1.165) is 18.7 Å². The van der Waals surface area contributed by atoms with Crippen LogP contribution in [0.4, 0.5) is 4.39 Å². The van der Waals surface area contributed by atoms with Crippen LogP contribution in [0.25, 0.3) is 0 Å². The second kappa shape index (κ2) is 6.15. The van der Waals surface area contributed by atoms with Crippen molar-refractivity contribution in [3.8, 4) is 0 Å². The molecule has 1 aliphatic carbocycles. The van der Waals surface area contributed by atoms with Crippen molar-refractivity contribution >= 4 is 0 Å². The molecule has 0 aromatic heterocycles. The smallest absolute Gasteiger partial charge is 0.126 e. The molecule has 1 aromatic rings. The minimum atomic E-state index is -0.0395. The highest BCUT2D eigenvalue weighted by Crippen LogP contribution is 2.37. The summed E-state index contributed by atoms with van der Waals surface area (Å²) in [4.78, 5) is 0. The molecule has 1 fully saturated rings. The molecule has 1 saturated carbocycles. The maximum atomic E-state index is 13.9. The van der Waals surface area contributed by atoms with Crippen LogP contribution in [0.3, 0.4) is 0 Å². The van der Waals surface area contributed by atoms with Crippen LogP contribution in [-0.2, 0) is 0 Å². The summed E-state index contributed by atoms with van der Waals surface area (Å²) in [7, 11) is 0. The van der Waals surface area contributed by atoms with E-state index in [2.05, 4.69) is 12.2 Å². The van der Waals surface area contributed by atoms with Crippen LogP contribution in [0.1, 0.15) is 44.1 Å². The predicted molar refractivity (Wildman–Crippen MR) is 69.6 cm³/mol. The lowest BCUT2D eigenvalue weighted by Gasteiger charge is -2.24. The van der Waals surface area contributed by atoms with E-state index >= 15 is 0 Å². The Hall–Kier alpha value is -0.890. The van der Waals surface area contributed by atoms with Crippen molar-refractivity contribution in [1.82, 2.24) is 5.32 Å². The largest absolute Gasteiger partial charge is 0.316 e. The fraction of sp³-hybridized carbons (Fsp3) is 0.600. The first kappa shape index (κ1) is 12.6. The molecule has 17 heavy (non-hydrogen) atoms. The number of hydrogen-bond donors (Lipinski definition) is 1. The van der Waals surface area contributed by atoms with Crippen molar-refractivity contribution in [2.24, 2.45) is 5.92 Å². The van der Waals surface area contributed by atoms with Crippen molar-refractivity contribution in [2.45, 2.75) is 38.5 Å². The molecule has 0 heterocycles. The standard InChI is InChI=1S/C15H22FN/c1-2-17-11-14(12-7-3-4-8-12)13-9-5-6-10-15(13)16/h5-6,9-10,12,14,17H,2-4,7-8,11H2,1H3. The zero-order chi connectivity index (χ0) is 12.1. The first-order valence-electron chi connectivity index (χ1n) is 6.78. The Kier molecular flexibility index (Phi) is 4.55. The summed E-state index contributed by atoms with van der Waals surface area (Å²) in [6.45, 7) is 3.97. The van der Waals surface area contributed by atoms with Crippen LogP contribution >= 0.6 is 0 Å². The van der Waals surface area contributed by atoms with Crippen molar-refractivity contribution in [1.29, 1.82) is 0 Å². The Morgan fingerprint density at radius 1 is 1.29 bits per heavy atom. The van der Waals surface area contributed by atoms with Gasteiger partial charge in [-0.25, -0.2) is 4.39 Å². The van der Waals surface area contributed by atoms with Gasteiger partial charge in [0.05, 0.1) is 0 Å². The minimum Gasteiger partial charge on any atom is -0.316 e. The molecule has 2 heteroatoms. The molecule has 0 amide bonds. The Bertz CT molecular complexity index is 345. The monoisotopic (exact) mass is 235 g/mol. The zero-order valence-electron chi connectivity index (χ0n) is 10.6. The van der Waals surface area contributed by atoms with E-state index in [1.54, 1.807) is 12.1 Å². The molecule has 94 valence electrons. The number of rotatable bonds is 5. The highest BCUT2D eigenvalue weighted by molar-refractivity contribution is 5.23. The Morgan fingerprint density at radius 3 is 2.65 bits per heavy atom. The van der Waals surface area contributed by atoms with Crippen molar-refractivity contribution in [3.63, 3.8) is 0 Å². The second-order valence-corrected chi connectivity index (χ2v) is 4.98. The van der Waals surface area contributed by atoms with E-state index in [4.69, 9.17) is 0 Å². The normalized spacial score (nSPS) is 18.5. The van der Waals surface area contributed by atoms with Crippen LogP contribution in [0.5, 0.6) is 0 Å². The van der Waals surface area contributed by atoms with Crippen molar-refractivity contribution in [3.05, 3.63) is 35.6 Å². The van der Waals surface area contributed by atoms with Gasteiger partial charge in [0.1, 0.15) is 5.82 Å². The first-order valence-corrected chi connectivity index (χ1v) is 6.78. The molecular weight excluding hydrogens is 213 g/mol. The quantitative estimate of drug-likeness (QED) is 0.820. The molecule has 1 aliphatic rings. The van der Waals surface area contributed by atoms with Gasteiger partial charge in [-0.05, 0) is 36.9 Å². The van der Waals surface area contributed by atoms with Gasteiger partial charge < -0.3 is 5.32 Å². The van der Waals surface area contributed by atoms with Gasteiger partial charge in [0.25, 0.3) is 0 Å². The van der Waals surface area contributed by atoms with Crippen molar-refractivity contribution < 1.29 is 4.39 Å². The van der Waals surface area contributed by atoms with Crippen LogP contribution in [0.2, 0.25) is 0 Å². The van der Waals surface area contributed by atoms with E-state index < -0.39 is 0 Å². The molecule has 0 saturated heterocycles. The van der Waals surface area contributed by atoms with E-state index in [0.29, 0.717) is 11.8 Å². The molecule has 1 N–H and O–H groups in total. The molecule has 2 rings (SSSR count). The van der Waals surface area contributed by atoms with E-state index in [1.807, 2.05) is 12.1 Å². The van der Waals surface area contributed by atoms with E-state index in [9.17, 15) is 4.39 Å². The summed E-state index contributed by atoms with van der Waals surface area (Å²) in [6, 6.07) is 7.27. The van der Waals surface area contributed by atoms with E-state index in [1.165, 1.54) is 25.7 Å². The Labute approximate surface area is 103 Å². The predicted octanol–water partition coefficient (Wildman–Crippen LogP) is 3.71. The molecule has 0 aliphatic heterocycles. The lowest BCUT2D eigenvalue weighted by Crippen LogP contribution is -2.26. The Balaban J connectivity index is 2.16. The summed E-state index contributed by atoms with van der Waals surface area (Å²) in [5, 5.41) is 3.38. The number of benzene rings is 1. The topological polar surface area (TPSA) is 12.0 Å². The minimum absolute atomic E-state index is 0.0395. The highest BCUT2D eigenvalue weighted by atomic mass is 19.1. The third kappa shape index (κ3) is 3.06. The van der Waals surface area contributed by atoms with Crippen LogP contribution in [0, 0.1) is 11.7 Å². The van der Waals surface area contributed by atoms with Gasteiger partial charge >= 0.3 is 0 Å². The van der Waals surface area contributed by atoms with Gasteiger partial charge in [0, 0.05) is 12.5 Å². The summed E-state index contributed by atoms with van der Waals surface area (Å²) in [6.07, 6.45) is 5.12. The van der Waals surface area contributed by atoms with Crippen molar-refractivity contribution in [2.75, 3.05) is 13.1 Å². The molecule has 1 unspecified atom stereocenters. The number of halogens is 1. The van der Waals surface area contributed by atoms with Gasteiger partial charge in [0.15, 0.2) is 0 Å². The average Bonchev–Trinajstić information content (AvgIpc) is 2.85. The SMILES string of the molecule is CCNCC(c1ccccc1F)C1CCCC1. The van der Waals surface area contributed by atoms with Crippen LogP contribution in [0.15, 0.2) is 24.3 Å².